The fraction of sp³-hybridized carbons (Fsp3) is 0.227. The Morgan fingerprint density at radius 1 is 0.931 bits per heavy atom. The summed E-state index contributed by atoms with van der Waals surface area (Å²) in [5.41, 5.74) is 3.03. The van der Waals surface area contributed by atoms with Crippen molar-refractivity contribution in [3.8, 4) is 11.5 Å². The van der Waals surface area contributed by atoms with Crippen molar-refractivity contribution >= 4 is 35.6 Å². The van der Waals surface area contributed by atoms with Crippen LogP contribution in [0.2, 0.25) is 10.0 Å². The van der Waals surface area contributed by atoms with E-state index in [1.54, 1.807) is 6.20 Å². The van der Waals surface area contributed by atoms with Crippen LogP contribution in [0, 0.1) is 0 Å². The van der Waals surface area contributed by atoms with Crippen LogP contribution in [0.15, 0.2) is 60.9 Å². The van der Waals surface area contributed by atoms with E-state index in [1.807, 2.05) is 61.7 Å². The SMILES string of the molecule is CCOc1cc(CNCc2cccnc2)cc(Cl)c1OCc1ccccc1Cl.Cl. The van der Waals surface area contributed by atoms with Crippen LogP contribution < -0.4 is 14.8 Å². The highest BCUT2D eigenvalue weighted by Gasteiger charge is 2.13. The van der Waals surface area contributed by atoms with E-state index in [9.17, 15) is 0 Å². The Labute approximate surface area is 187 Å². The van der Waals surface area contributed by atoms with Crippen LogP contribution in [-0.2, 0) is 19.7 Å². The minimum absolute atomic E-state index is 0. The van der Waals surface area contributed by atoms with Gasteiger partial charge in [0, 0.05) is 36.1 Å². The first-order valence-corrected chi connectivity index (χ1v) is 9.84. The lowest BCUT2D eigenvalue weighted by atomic mass is 10.2. The smallest absolute Gasteiger partial charge is 0.180 e. The van der Waals surface area contributed by atoms with Crippen molar-refractivity contribution in [2.24, 2.45) is 0 Å². The second kappa shape index (κ2) is 11.9. The Morgan fingerprint density at radius 3 is 2.45 bits per heavy atom. The maximum absolute atomic E-state index is 6.50. The average Bonchev–Trinajstić information content (AvgIpc) is 2.70. The third kappa shape index (κ3) is 6.79. The Morgan fingerprint density at radius 2 is 1.72 bits per heavy atom. The molecule has 0 spiro atoms. The zero-order valence-electron chi connectivity index (χ0n) is 16.0. The second-order valence-electron chi connectivity index (χ2n) is 6.18. The Balaban J connectivity index is 0.00000300. The largest absolute Gasteiger partial charge is 0.490 e. The van der Waals surface area contributed by atoms with Gasteiger partial charge in [-0.05, 0) is 42.3 Å². The van der Waals surface area contributed by atoms with Crippen molar-refractivity contribution in [1.29, 1.82) is 0 Å². The molecule has 0 saturated carbocycles. The van der Waals surface area contributed by atoms with Gasteiger partial charge in [0.15, 0.2) is 11.5 Å². The third-order valence-electron chi connectivity index (χ3n) is 4.08. The van der Waals surface area contributed by atoms with E-state index in [4.69, 9.17) is 32.7 Å². The number of nitrogens with one attached hydrogen (secondary N) is 1. The summed E-state index contributed by atoms with van der Waals surface area (Å²) in [6, 6.07) is 15.4. The van der Waals surface area contributed by atoms with E-state index < -0.39 is 0 Å². The molecule has 4 nitrogen and oxygen atoms in total. The summed E-state index contributed by atoms with van der Waals surface area (Å²) >= 11 is 12.7. The molecular formula is C22H23Cl3N2O2. The quantitative estimate of drug-likeness (QED) is 0.426. The fourth-order valence-electron chi connectivity index (χ4n) is 2.75. The number of rotatable bonds is 9. The van der Waals surface area contributed by atoms with E-state index in [0.29, 0.717) is 41.3 Å². The second-order valence-corrected chi connectivity index (χ2v) is 7.00. The molecule has 3 rings (SSSR count). The average molecular weight is 454 g/mol. The standard InChI is InChI=1S/C22H22Cl2N2O2.ClH/c1-2-27-21-11-17(14-26-13-16-6-5-9-25-12-16)10-20(24)22(21)28-15-18-7-3-4-8-19(18)23;/h3-12,26H,2,13-15H2,1H3;1H. The molecule has 0 unspecified atom stereocenters. The Kier molecular flexibility index (Phi) is 9.55. The van der Waals surface area contributed by atoms with Gasteiger partial charge in [-0.2, -0.15) is 0 Å². The molecule has 0 bridgehead atoms. The van der Waals surface area contributed by atoms with E-state index in [0.717, 1.165) is 23.2 Å². The van der Waals surface area contributed by atoms with Crippen LogP contribution in [0.4, 0.5) is 0 Å². The molecule has 29 heavy (non-hydrogen) atoms. The first-order chi connectivity index (χ1) is 13.7. The number of halogens is 3. The molecular weight excluding hydrogens is 431 g/mol. The van der Waals surface area contributed by atoms with Crippen molar-refractivity contribution < 1.29 is 9.47 Å². The van der Waals surface area contributed by atoms with Crippen molar-refractivity contribution in [3.63, 3.8) is 0 Å². The minimum Gasteiger partial charge on any atom is -0.490 e. The number of ether oxygens (including phenoxy) is 2. The highest BCUT2D eigenvalue weighted by atomic mass is 35.5. The minimum atomic E-state index is 0. The molecule has 154 valence electrons. The fourth-order valence-corrected chi connectivity index (χ4v) is 3.22. The number of aromatic nitrogens is 1. The number of nitrogens with zero attached hydrogens (tertiary/aromatic N) is 1. The molecule has 0 radical (unpaired) electrons. The molecule has 1 N–H and O–H groups in total. The van der Waals surface area contributed by atoms with Crippen molar-refractivity contribution in [3.05, 3.63) is 87.7 Å². The molecule has 0 aliphatic rings. The first-order valence-electron chi connectivity index (χ1n) is 9.08. The highest BCUT2D eigenvalue weighted by molar-refractivity contribution is 6.32. The topological polar surface area (TPSA) is 43.4 Å². The van der Waals surface area contributed by atoms with E-state index in [2.05, 4.69) is 10.3 Å². The molecule has 0 aliphatic heterocycles. The van der Waals surface area contributed by atoms with Gasteiger partial charge in [-0.15, -0.1) is 12.4 Å². The molecule has 1 heterocycles. The monoisotopic (exact) mass is 452 g/mol. The van der Waals surface area contributed by atoms with Gasteiger partial charge in [-0.1, -0.05) is 47.5 Å². The lowest BCUT2D eigenvalue weighted by Gasteiger charge is -2.16. The van der Waals surface area contributed by atoms with Crippen molar-refractivity contribution in [2.75, 3.05) is 6.61 Å². The molecule has 0 fully saturated rings. The van der Waals surface area contributed by atoms with Crippen LogP contribution >= 0.6 is 35.6 Å². The van der Waals surface area contributed by atoms with E-state index in [1.165, 1.54) is 0 Å². The van der Waals surface area contributed by atoms with E-state index >= 15 is 0 Å². The maximum atomic E-state index is 6.50. The molecule has 2 aromatic carbocycles. The van der Waals surface area contributed by atoms with Gasteiger partial charge in [-0.25, -0.2) is 0 Å². The van der Waals surface area contributed by atoms with Gasteiger partial charge >= 0.3 is 0 Å². The molecule has 3 aromatic rings. The number of hydrogen-bond acceptors (Lipinski definition) is 4. The number of hydrogen-bond donors (Lipinski definition) is 1. The van der Waals surface area contributed by atoms with Crippen LogP contribution in [0.25, 0.3) is 0 Å². The molecule has 1 aromatic heterocycles. The van der Waals surface area contributed by atoms with E-state index in [-0.39, 0.29) is 12.4 Å². The van der Waals surface area contributed by atoms with Gasteiger partial charge in [0.05, 0.1) is 11.6 Å². The summed E-state index contributed by atoms with van der Waals surface area (Å²) in [6.45, 7) is 4.14. The maximum Gasteiger partial charge on any atom is 0.180 e. The predicted octanol–water partition coefficient (Wildman–Crippen LogP) is 6.08. The van der Waals surface area contributed by atoms with Gasteiger partial charge < -0.3 is 14.8 Å². The van der Waals surface area contributed by atoms with Gasteiger partial charge in [0.2, 0.25) is 0 Å². The van der Waals surface area contributed by atoms with Gasteiger partial charge in [-0.3, -0.25) is 4.98 Å². The summed E-state index contributed by atoms with van der Waals surface area (Å²) in [5.74, 6) is 1.15. The zero-order chi connectivity index (χ0) is 19.8. The predicted molar refractivity (Wildman–Crippen MR) is 120 cm³/mol. The van der Waals surface area contributed by atoms with Crippen LogP contribution in [0.5, 0.6) is 11.5 Å². The Hall–Kier alpha value is -1.98. The van der Waals surface area contributed by atoms with Gasteiger partial charge in [0.25, 0.3) is 0 Å². The van der Waals surface area contributed by atoms with Crippen LogP contribution in [0.1, 0.15) is 23.6 Å². The summed E-state index contributed by atoms with van der Waals surface area (Å²) < 4.78 is 11.7. The molecule has 0 atom stereocenters. The molecule has 0 saturated heterocycles. The number of benzene rings is 2. The number of pyridine rings is 1. The Bertz CT molecular complexity index is 908. The summed E-state index contributed by atoms with van der Waals surface area (Å²) in [7, 11) is 0. The zero-order valence-corrected chi connectivity index (χ0v) is 18.4. The van der Waals surface area contributed by atoms with Crippen LogP contribution in [-0.4, -0.2) is 11.6 Å². The molecule has 0 aliphatic carbocycles. The first kappa shape index (κ1) is 23.3. The highest BCUT2D eigenvalue weighted by Crippen LogP contribution is 2.37. The van der Waals surface area contributed by atoms with Crippen LogP contribution in [0.3, 0.4) is 0 Å². The summed E-state index contributed by atoms with van der Waals surface area (Å²) in [4.78, 5) is 4.12. The lowest BCUT2D eigenvalue weighted by Crippen LogP contribution is -2.13. The molecule has 0 amide bonds. The molecule has 7 heteroatoms. The third-order valence-corrected chi connectivity index (χ3v) is 4.73. The summed E-state index contributed by atoms with van der Waals surface area (Å²) in [5, 5.41) is 4.56. The normalized spacial score (nSPS) is 10.3. The van der Waals surface area contributed by atoms with Crippen molar-refractivity contribution in [1.82, 2.24) is 10.3 Å². The van der Waals surface area contributed by atoms with Crippen molar-refractivity contribution in [2.45, 2.75) is 26.6 Å². The summed E-state index contributed by atoms with van der Waals surface area (Å²) in [6.07, 6.45) is 3.61. The van der Waals surface area contributed by atoms with Gasteiger partial charge in [0.1, 0.15) is 6.61 Å². The lowest BCUT2D eigenvalue weighted by molar-refractivity contribution is 0.269.